The second kappa shape index (κ2) is 6.06. The number of nitrogen functional groups attached to an aromatic ring is 1. The van der Waals surface area contributed by atoms with Gasteiger partial charge >= 0.3 is 0 Å². The molecule has 0 aliphatic heterocycles. The van der Waals surface area contributed by atoms with E-state index in [1.54, 1.807) is 6.07 Å². The minimum absolute atomic E-state index is 0.0262. The van der Waals surface area contributed by atoms with E-state index in [0.29, 0.717) is 6.54 Å². The third-order valence-corrected chi connectivity index (χ3v) is 4.35. The number of rotatable bonds is 5. The zero-order chi connectivity index (χ0) is 13.8. The molecule has 7 heteroatoms. The molecule has 0 heterocycles. The van der Waals surface area contributed by atoms with Gasteiger partial charge in [0.25, 0.3) is 0 Å². The van der Waals surface area contributed by atoms with Crippen molar-refractivity contribution in [3.05, 3.63) is 23.2 Å². The first-order valence-corrected chi connectivity index (χ1v) is 7.45. The highest BCUT2D eigenvalue weighted by Crippen LogP contribution is 2.27. The molecule has 0 spiro atoms. The van der Waals surface area contributed by atoms with E-state index in [1.807, 2.05) is 6.92 Å². The van der Waals surface area contributed by atoms with Crippen molar-refractivity contribution >= 4 is 33.0 Å². The molecule has 0 saturated carbocycles. The SMILES string of the molecule is CCCNC(=O)CS(=O)(=O)c1c(N)cccc1Cl. The van der Waals surface area contributed by atoms with Gasteiger partial charge in [-0.2, -0.15) is 0 Å². The summed E-state index contributed by atoms with van der Waals surface area (Å²) in [6, 6.07) is 4.41. The largest absolute Gasteiger partial charge is 0.398 e. The van der Waals surface area contributed by atoms with E-state index in [0.717, 1.165) is 6.42 Å². The molecule has 0 fully saturated rings. The Hall–Kier alpha value is -1.27. The minimum atomic E-state index is -3.82. The van der Waals surface area contributed by atoms with Gasteiger partial charge in [-0.15, -0.1) is 0 Å². The van der Waals surface area contributed by atoms with Crippen LogP contribution >= 0.6 is 11.6 Å². The Kier molecular flexibility index (Phi) is 4.98. The topological polar surface area (TPSA) is 89.3 Å². The maximum Gasteiger partial charge on any atom is 0.235 e. The van der Waals surface area contributed by atoms with Crippen molar-refractivity contribution in [3.8, 4) is 0 Å². The smallest absolute Gasteiger partial charge is 0.235 e. The Bertz CT molecular complexity index is 523. The van der Waals surface area contributed by atoms with Crippen LogP contribution in [0.5, 0.6) is 0 Å². The molecule has 1 amide bonds. The third-order valence-electron chi connectivity index (χ3n) is 2.20. The number of benzene rings is 1. The monoisotopic (exact) mass is 290 g/mol. The van der Waals surface area contributed by atoms with Crippen LogP contribution < -0.4 is 11.1 Å². The van der Waals surface area contributed by atoms with E-state index in [-0.39, 0.29) is 15.6 Å². The molecule has 1 rings (SSSR count). The fourth-order valence-corrected chi connectivity index (χ4v) is 3.33. The standard InChI is InChI=1S/C11H15ClN2O3S/c1-2-6-14-10(15)7-18(16,17)11-8(12)4-3-5-9(11)13/h3-5H,2,6-7,13H2,1H3,(H,14,15). The first-order valence-electron chi connectivity index (χ1n) is 5.42. The molecule has 0 unspecified atom stereocenters. The number of halogens is 1. The molecule has 0 saturated heterocycles. The van der Waals surface area contributed by atoms with E-state index in [4.69, 9.17) is 17.3 Å². The fraction of sp³-hybridized carbons (Fsp3) is 0.364. The lowest BCUT2D eigenvalue weighted by atomic mass is 10.3. The van der Waals surface area contributed by atoms with Gasteiger partial charge in [-0.3, -0.25) is 4.79 Å². The zero-order valence-corrected chi connectivity index (χ0v) is 11.5. The van der Waals surface area contributed by atoms with Crippen molar-refractivity contribution in [2.75, 3.05) is 18.0 Å². The molecule has 0 radical (unpaired) electrons. The molecule has 1 aromatic carbocycles. The molecular weight excluding hydrogens is 276 g/mol. The zero-order valence-electron chi connectivity index (χ0n) is 9.94. The van der Waals surface area contributed by atoms with E-state index < -0.39 is 21.5 Å². The van der Waals surface area contributed by atoms with Crippen molar-refractivity contribution < 1.29 is 13.2 Å². The Morgan fingerprint density at radius 1 is 1.44 bits per heavy atom. The maximum absolute atomic E-state index is 12.0. The highest BCUT2D eigenvalue weighted by Gasteiger charge is 2.24. The van der Waals surface area contributed by atoms with Crippen LogP contribution in [0.4, 0.5) is 5.69 Å². The van der Waals surface area contributed by atoms with E-state index in [2.05, 4.69) is 5.32 Å². The quantitative estimate of drug-likeness (QED) is 0.798. The molecule has 3 N–H and O–H groups in total. The third kappa shape index (κ3) is 3.61. The minimum Gasteiger partial charge on any atom is -0.398 e. The molecule has 0 aromatic heterocycles. The van der Waals surface area contributed by atoms with Gasteiger partial charge in [-0.05, 0) is 18.6 Å². The van der Waals surface area contributed by atoms with Crippen LogP contribution in [0.1, 0.15) is 13.3 Å². The lowest BCUT2D eigenvalue weighted by Gasteiger charge is -2.09. The highest BCUT2D eigenvalue weighted by atomic mass is 35.5. The average Bonchev–Trinajstić information content (AvgIpc) is 2.25. The van der Waals surface area contributed by atoms with Gasteiger partial charge in [0.2, 0.25) is 5.91 Å². The molecule has 100 valence electrons. The number of nitrogens with one attached hydrogen (secondary N) is 1. The maximum atomic E-state index is 12.0. The van der Waals surface area contributed by atoms with Crippen molar-refractivity contribution in [2.24, 2.45) is 0 Å². The molecule has 0 bridgehead atoms. The predicted octanol–water partition coefficient (Wildman–Crippen LogP) is 1.22. The molecule has 5 nitrogen and oxygen atoms in total. The lowest BCUT2D eigenvalue weighted by molar-refractivity contribution is -0.118. The van der Waals surface area contributed by atoms with Gasteiger partial charge in [0.05, 0.1) is 10.7 Å². The number of carbonyl (C=O) groups excluding carboxylic acids is 1. The van der Waals surface area contributed by atoms with E-state index >= 15 is 0 Å². The molecular formula is C11H15ClN2O3S. The molecule has 18 heavy (non-hydrogen) atoms. The number of amides is 1. The molecule has 1 aromatic rings. The van der Waals surface area contributed by atoms with Crippen LogP contribution in [0.25, 0.3) is 0 Å². The summed E-state index contributed by atoms with van der Waals surface area (Å²) in [5, 5.41) is 2.52. The number of hydrogen-bond donors (Lipinski definition) is 2. The van der Waals surface area contributed by atoms with Crippen LogP contribution in [0.3, 0.4) is 0 Å². The van der Waals surface area contributed by atoms with Crippen molar-refractivity contribution in [1.82, 2.24) is 5.32 Å². The number of hydrogen-bond acceptors (Lipinski definition) is 4. The summed E-state index contributed by atoms with van der Waals surface area (Å²) in [6.45, 7) is 2.31. The van der Waals surface area contributed by atoms with Crippen LogP contribution in [0.2, 0.25) is 5.02 Å². The van der Waals surface area contributed by atoms with Gasteiger partial charge < -0.3 is 11.1 Å². The summed E-state index contributed by atoms with van der Waals surface area (Å²) in [6.07, 6.45) is 0.736. The average molecular weight is 291 g/mol. The second-order valence-corrected chi connectivity index (χ2v) is 6.10. The van der Waals surface area contributed by atoms with Gasteiger partial charge in [0.15, 0.2) is 9.84 Å². The highest BCUT2D eigenvalue weighted by molar-refractivity contribution is 7.92. The van der Waals surface area contributed by atoms with Crippen molar-refractivity contribution in [1.29, 1.82) is 0 Å². The summed E-state index contributed by atoms with van der Waals surface area (Å²) >= 11 is 5.81. The second-order valence-electron chi connectivity index (χ2n) is 3.77. The molecule has 0 atom stereocenters. The molecule has 0 aliphatic rings. The predicted molar refractivity (Wildman–Crippen MR) is 71.2 cm³/mol. The van der Waals surface area contributed by atoms with Gasteiger partial charge in [-0.1, -0.05) is 24.6 Å². The Morgan fingerprint density at radius 3 is 2.67 bits per heavy atom. The normalized spacial score (nSPS) is 11.2. The number of carbonyl (C=O) groups is 1. The van der Waals surface area contributed by atoms with Crippen molar-refractivity contribution in [2.45, 2.75) is 18.2 Å². The van der Waals surface area contributed by atoms with Crippen LogP contribution in [0.15, 0.2) is 23.1 Å². The Morgan fingerprint density at radius 2 is 2.11 bits per heavy atom. The number of sulfone groups is 1. The Balaban J connectivity index is 2.97. The van der Waals surface area contributed by atoms with Gasteiger partial charge in [0, 0.05) is 6.54 Å². The van der Waals surface area contributed by atoms with Crippen LogP contribution in [-0.2, 0) is 14.6 Å². The van der Waals surface area contributed by atoms with Crippen molar-refractivity contribution in [3.63, 3.8) is 0 Å². The van der Waals surface area contributed by atoms with Gasteiger partial charge in [-0.25, -0.2) is 8.42 Å². The summed E-state index contributed by atoms with van der Waals surface area (Å²) in [5.41, 5.74) is 5.64. The fourth-order valence-electron chi connectivity index (χ4n) is 1.41. The number of nitrogens with two attached hydrogens (primary N) is 1. The van der Waals surface area contributed by atoms with Crippen LogP contribution in [-0.4, -0.2) is 26.6 Å². The lowest BCUT2D eigenvalue weighted by Crippen LogP contribution is -2.31. The Labute approximate surface area is 111 Å². The molecule has 0 aliphatic carbocycles. The summed E-state index contributed by atoms with van der Waals surface area (Å²) in [7, 11) is -3.82. The van der Waals surface area contributed by atoms with Crippen LogP contribution in [0, 0.1) is 0 Å². The summed E-state index contributed by atoms with van der Waals surface area (Å²) in [5.74, 6) is -1.21. The van der Waals surface area contributed by atoms with E-state index in [9.17, 15) is 13.2 Å². The summed E-state index contributed by atoms with van der Waals surface area (Å²) in [4.78, 5) is 11.3. The summed E-state index contributed by atoms with van der Waals surface area (Å²) < 4.78 is 24.0. The first kappa shape index (κ1) is 14.8. The number of anilines is 1. The van der Waals surface area contributed by atoms with Gasteiger partial charge in [0.1, 0.15) is 10.6 Å². The first-order chi connectivity index (χ1) is 8.38. The van der Waals surface area contributed by atoms with E-state index in [1.165, 1.54) is 12.1 Å².